The maximum absolute atomic E-state index is 12.1. The van der Waals surface area contributed by atoms with Crippen LogP contribution in [-0.2, 0) is 0 Å². The van der Waals surface area contributed by atoms with Crippen molar-refractivity contribution in [1.82, 2.24) is 10.2 Å². The molecule has 18 heavy (non-hydrogen) atoms. The van der Waals surface area contributed by atoms with Gasteiger partial charge in [0, 0.05) is 43.3 Å². The summed E-state index contributed by atoms with van der Waals surface area (Å²) in [6.45, 7) is 4.43. The average Bonchev–Trinajstić information content (AvgIpc) is 2.40. The SMILES string of the molecule is NC(CN1CCNCC1)C(=O)c1ccc(Cl)cc1. The first-order chi connectivity index (χ1) is 8.66. The van der Waals surface area contributed by atoms with Crippen molar-refractivity contribution in [3.8, 4) is 0 Å². The minimum atomic E-state index is -0.468. The molecule has 0 saturated carbocycles. The molecule has 0 aliphatic carbocycles. The smallest absolute Gasteiger partial charge is 0.180 e. The molecule has 0 bridgehead atoms. The number of carbonyl (C=O) groups excluding carboxylic acids is 1. The molecule has 2 rings (SSSR count). The number of piperazine rings is 1. The van der Waals surface area contributed by atoms with Crippen molar-refractivity contribution in [1.29, 1.82) is 0 Å². The number of hydrogen-bond acceptors (Lipinski definition) is 4. The molecule has 1 saturated heterocycles. The number of Topliss-reactive ketones (excluding diaryl/α,β-unsaturated/α-hetero) is 1. The molecule has 1 atom stereocenters. The van der Waals surface area contributed by atoms with E-state index in [2.05, 4.69) is 10.2 Å². The van der Waals surface area contributed by atoms with E-state index in [0.717, 1.165) is 26.2 Å². The van der Waals surface area contributed by atoms with Gasteiger partial charge in [0.05, 0.1) is 6.04 Å². The van der Waals surface area contributed by atoms with Crippen LogP contribution in [0.3, 0.4) is 0 Å². The van der Waals surface area contributed by atoms with Crippen molar-refractivity contribution in [2.75, 3.05) is 32.7 Å². The van der Waals surface area contributed by atoms with Crippen molar-refractivity contribution in [2.24, 2.45) is 5.73 Å². The Balaban J connectivity index is 1.93. The van der Waals surface area contributed by atoms with Crippen LogP contribution in [0.5, 0.6) is 0 Å². The van der Waals surface area contributed by atoms with Gasteiger partial charge < -0.3 is 11.1 Å². The summed E-state index contributed by atoms with van der Waals surface area (Å²) in [5.74, 6) is -0.0230. The van der Waals surface area contributed by atoms with Crippen molar-refractivity contribution in [3.63, 3.8) is 0 Å². The van der Waals surface area contributed by atoms with Crippen LogP contribution in [0.4, 0.5) is 0 Å². The number of nitrogens with two attached hydrogens (primary N) is 1. The molecule has 98 valence electrons. The van der Waals surface area contributed by atoms with E-state index in [1.807, 2.05) is 0 Å². The van der Waals surface area contributed by atoms with Gasteiger partial charge in [0.1, 0.15) is 0 Å². The molecule has 4 nitrogen and oxygen atoms in total. The summed E-state index contributed by atoms with van der Waals surface area (Å²) in [6, 6.07) is 6.41. The van der Waals surface area contributed by atoms with E-state index in [9.17, 15) is 4.79 Å². The number of benzene rings is 1. The van der Waals surface area contributed by atoms with E-state index in [1.54, 1.807) is 24.3 Å². The number of nitrogens with zero attached hydrogens (tertiary/aromatic N) is 1. The highest BCUT2D eigenvalue weighted by atomic mass is 35.5. The predicted octanol–water partition coefficient (Wildman–Crippen LogP) is 0.755. The summed E-state index contributed by atoms with van der Waals surface area (Å²) in [4.78, 5) is 14.3. The van der Waals surface area contributed by atoms with Crippen LogP contribution in [-0.4, -0.2) is 49.4 Å². The van der Waals surface area contributed by atoms with Gasteiger partial charge in [-0.15, -0.1) is 0 Å². The van der Waals surface area contributed by atoms with E-state index in [0.29, 0.717) is 17.1 Å². The first-order valence-electron chi connectivity index (χ1n) is 6.15. The van der Waals surface area contributed by atoms with Gasteiger partial charge in [-0.05, 0) is 24.3 Å². The van der Waals surface area contributed by atoms with Crippen LogP contribution in [0.25, 0.3) is 0 Å². The molecule has 1 aromatic carbocycles. The third-order valence-corrected chi connectivity index (χ3v) is 3.38. The van der Waals surface area contributed by atoms with Crippen LogP contribution in [0, 0.1) is 0 Å². The maximum Gasteiger partial charge on any atom is 0.180 e. The Morgan fingerprint density at radius 1 is 1.33 bits per heavy atom. The fourth-order valence-electron chi connectivity index (χ4n) is 2.08. The van der Waals surface area contributed by atoms with Gasteiger partial charge in [0.2, 0.25) is 0 Å². The van der Waals surface area contributed by atoms with Crippen molar-refractivity contribution in [2.45, 2.75) is 6.04 Å². The highest BCUT2D eigenvalue weighted by Crippen LogP contribution is 2.11. The van der Waals surface area contributed by atoms with Crippen LogP contribution in [0.15, 0.2) is 24.3 Å². The molecule has 1 heterocycles. The molecule has 0 radical (unpaired) electrons. The second-order valence-corrected chi connectivity index (χ2v) is 4.96. The fourth-order valence-corrected chi connectivity index (χ4v) is 2.21. The molecule has 1 aliphatic rings. The second-order valence-electron chi connectivity index (χ2n) is 4.53. The summed E-state index contributed by atoms with van der Waals surface area (Å²) in [5.41, 5.74) is 6.60. The van der Waals surface area contributed by atoms with Crippen molar-refractivity contribution in [3.05, 3.63) is 34.9 Å². The molecule has 3 N–H and O–H groups in total. The number of halogens is 1. The van der Waals surface area contributed by atoms with E-state index in [1.165, 1.54) is 0 Å². The van der Waals surface area contributed by atoms with Crippen LogP contribution in [0.2, 0.25) is 5.02 Å². The normalized spacial score (nSPS) is 18.6. The summed E-state index contributed by atoms with van der Waals surface area (Å²) < 4.78 is 0. The Kier molecular flexibility index (Phi) is 4.72. The fraction of sp³-hybridized carbons (Fsp3) is 0.462. The first-order valence-corrected chi connectivity index (χ1v) is 6.53. The number of rotatable bonds is 4. The quantitative estimate of drug-likeness (QED) is 0.791. The first kappa shape index (κ1) is 13.5. The van der Waals surface area contributed by atoms with Crippen LogP contribution in [0.1, 0.15) is 10.4 Å². The molecule has 0 amide bonds. The molecule has 1 fully saturated rings. The van der Waals surface area contributed by atoms with Gasteiger partial charge >= 0.3 is 0 Å². The predicted molar refractivity (Wildman–Crippen MR) is 73.1 cm³/mol. The molecule has 5 heteroatoms. The third kappa shape index (κ3) is 3.53. The van der Waals surface area contributed by atoms with Gasteiger partial charge in [0.15, 0.2) is 5.78 Å². The Hall–Kier alpha value is -0.940. The van der Waals surface area contributed by atoms with E-state index in [-0.39, 0.29) is 5.78 Å². The maximum atomic E-state index is 12.1. The summed E-state index contributed by atoms with van der Waals surface area (Å²) >= 11 is 5.79. The zero-order valence-electron chi connectivity index (χ0n) is 10.2. The number of carbonyl (C=O) groups is 1. The summed E-state index contributed by atoms with van der Waals surface area (Å²) in [7, 11) is 0. The lowest BCUT2D eigenvalue weighted by molar-refractivity contribution is 0.0931. The van der Waals surface area contributed by atoms with Crippen LogP contribution >= 0.6 is 11.6 Å². The lowest BCUT2D eigenvalue weighted by atomic mass is 10.0. The number of hydrogen-bond donors (Lipinski definition) is 2. The van der Waals surface area contributed by atoms with Crippen LogP contribution < -0.4 is 11.1 Å². The zero-order valence-corrected chi connectivity index (χ0v) is 11.0. The lowest BCUT2D eigenvalue weighted by Crippen LogP contribution is -2.50. The molecule has 0 spiro atoms. The van der Waals surface area contributed by atoms with Crippen molar-refractivity contribution < 1.29 is 4.79 Å². The highest BCUT2D eigenvalue weighted by molar-refractivity contribution is 6.30. The third-order valence-electron chi connectivity index (χ3n) is 3.13. The monoisotopic (exact) mass is 267 g/mol. The largest absolute Gasteiger partial charge is 0.320 e. The lowest BCUT2D eigenvalue weighted by Gasteiger charge is -2.29. The Morgan fingerprint density at radius 3 is 2.56 bits per heavy atom. The topological polar surface area (TPSA) is 58.4 Å². The zero-order chi connectivity index (χ0) is 13.0. The molecule has 1 aliphatic heterocycles. The molecule has 1 aromatic rings. The van der Waals surface area contributed by atoms with E-state index < -0.39 is 6.04 Å². The van der Waals surface area contributed by atoms with Gasteiger partial charge in [-0.2, -0.15) is 0 Å². The highest BCUT2D eigenvalue weighted by Gasteiger charge is 2.20. The minimum absolute atomic E-state index is 0.0230. The van der Waals surface area contributed by atoms with Gasteiger partial charge in [-0.1, -0.05) is 11.6 Å². The molecule has 1 unspecified atom stereocenters. The summed E-state index contributed by atoms with van der Waals surface area (Å²) in [5, 5.41) is 3.90. The number of ketones is 1. The molecule has 0 aromatic heterocycles. The standard InChI is InChI=1S/C13H18ClN3O/c14-11-3-1-10(2-4-11)13(18)12(15)9-17-7-5-16-6-8-17/h1-4,12,16H,5-9,15H2. The van der Waals surface area contributed by atoms with E-state index >= 15 is 0 Å². The molecular formula is C13H18ClN3O. The van der Waals surface area contributed by atoms with Gasteiger partial charge in [0.25, 0.3) is 0 Å². The second kappa shape index (κ2) is 6.29. The minimum Gasteiger partial charge on any atom is -0.320 e. The van der Waals surface area contributed by atoms with Crippen molar-refractivity contribution >= 4 is 17.4 Å². The Labute approximate surface area is 112 Å². The number of nitrogens with one attached hydrogen (secondary N) is 1. The Morgan fingerprint density at radius 2 is 1.94 bits per heavy atom. The summed E-state index contributed by atoms with van der Waals surface area (Å²) in [6.07, 6.45) is 0. The Bertz CT molecular complexity index is 401. The van der Waals surface area contributed by atoms with Gasteiger partial charge in [-0.3, -0.25) is 9.69 Å². The van der Waals surface area contributed by atoms with E-state index in [4.69, 9.17) is 17.3 Å². The van der Waals surface area contributed by atoms with Gasteiger partial charge in [-0.25, -0.2) is 0 Å². The average molecular weight is 268 g/mol. The molecular weight excluding hydrogens is 250 g/mol.